The molecule has 0 spiro atoms. The van der Waals surface area contributed by atoms with Crippen molar-refractivity contribution >= 4 is 16.1 Å². The summed E-state index contributed by atoms with van der Waals surface area (Å²) in [5.74, 6) is 0.435. The maximum atomic E-state index is 13.4. The minimum absolute atomic E-state index is 0.140. The number of carbonyl (C=O) groups is 1. The van der Waals surface area contributed by atoms with Gasteiger partial charge in [0.1, 0.15) is 11.4 Å². The zero-order valence-corrected chi connectivity index (χ0v) is 21.9. The molecule has 0 aliphatic carbocycles. The number of alkyl carbamates (subject to hydrolysis) is 1. The molecule has 2 N–H and O–H groups in total. The summed E-state index contributed by atoms with van der Waals surface area (Å²) in [6.45, 7) is 11.7. The molecule has 0 bridgehead atoms. The third-order valence-electron chi connectivity index (χ3n) is 5.00. The minimum atomic E-state index is -4.30. The molecule has 196 valence electrons. The second kappa shape index (κ2) is 12.8. The normalized spacial score (nSPS) is 13.4. The Balaban J connectivity index is 2.43. The minimum Gasteiger partial charge on any atom is -0.497 e. The number of nitrogens with zero attached hydrogens (tertiary/aromatic N) is 3. The quantitative estimate of drug-likeness (QED) is 0.358. The fourth-order valence-electron chi connectivity index (χ4n) is 3.24. The van der Waals surface area contributed by atoms with Crippen LogP contribution >= 0.6 is 0 Å². The Bertz CT molecular complexity index is 1260. The fraction of sp³-hybridized carbons (Fsp3) is 0.346. The topological polar surface area (TPSA) is 133 Å². The molecule has 0 fully saturated rings. The first kappa shape index (κ1) is 29.2. The molecule has 11 heteroatoms. The maximum Gasteiger partial charge on any atom is 0.407 e. The fourth-order valence-corrected chi connectivity index (χ4v) is 4.58. The lowest BCUT2D eigenvalue weighted by atomic mass is 10.0. The summed E-state index contributed by atoms with van der Waals surface area (Å²) in [5.41, 5.74) is -0.513. The van der Waals surface area contributed by atoms with Gasteiger partial charge in [-0.3, -0.25) is 4.31 Å². The molecule has 0 aliphatic rings. The van der Waals surface area contributed by atoms with E-state index >= 15 is 0 Å². The van der Waals surface area contributed by atoms with Crippen molar-refractivity contribution in [1.29, 1.82) is 5.26 Å². The van der Waals surface area contributed by atoms with Gasteiger partial charge in [-0.05, 0) is 57.0 Å². The first-order valence-electron chi connectivity index (χ1n) is 11.3. The number of rotatable bonds is 10. The number of hydrogen-bond donors (Lipinski definition) is 2. The Morgan fingerprint density at radius 3 is 2.35 bits per heavy atom. The largest absolute Gasteiger partial charge is 0.497 e. The van der Waals surface area contributed by atoms with Crippen molar-refractivity contribution in [3.8, 4) is 11.8 Å². The van der Waals surface area contributed by atoms with Gasteiger partial charge in [0, 0.05) is 6.20 Å². The number of aliphatic hydroxyl groups is 1. The second-order valence-electron chi connectivity index (χ2n) is 9.00. The summed E-state index contributed by atoms with van der Waals surface area (Å²) < 4.78 is 38.0. The molecule has 2 aromatic carbocycles. The predicted octanol–water partition coefficient (Wildman–Crippen LogP) is 3.47. The molecule has 2 atom stereocenters. The van der Waals surface area contributed by atoms with Crippen LogP contribution < -0.4 is 10.1 Å². The summed E-state index contributed by atoms with van der Waals surface area (Å²) in [7, 11) is -2.86. The van der Waals surface area contributed by atoms with Crippen LogP contribution in [0.1, 0.15) is 26.3 Å². The van der Waals surface area contributed by atoms with Crippen molar-refractivity contribution < 1.29 is 27.8 Å². The third kappa shape index (κ3) is 8.83. The van der Waals surface area contributed by atoms with Gasteiger partial charge in [-0.2, -0.15) is 0 Å². The highest BCUT2D eigenvalue weighted by atomic mass is 32.2. The zero-order valence-electron chi connectivity index (χ0n) is 21.1. The lowest BCUT2D eigenvalue weighted by Crippen LogP contribution is -2.50. The van der Waals surface area contributed by atoms with Crippen molar-refractivity contribution in [2.45, 2.75) is 49.8 Å². The number of carbonyl (C=O) groups excluding carboxylic acids is 1. The van der Waals surface area contributed by atoms with Crippen molar-refractivity contribution in [3.63, 3.8) is 0 Å². The molecule has 0 saturated carbocycles. The van der Waals surface area contributed by atoms with E-state index in [-0.39, 0.29) is 11.3 Å². The van der Waals surface area contributed by atoms with Crippen LogP contribution in [0.2, 0.25) is 0 Å². The highest BCUT2D eigenvalue weighted by Crippen LogP contribution is 2.22. The van der Waals surface area contributed by atoms with E-state index < -0.39 is 46.1 Å². The van der Waals surface area contributed by atoms with Crippen molar-refractivity contribution in [3.05, 3.63) is 83.5 Å². The van der Waals surface area contributed by atoms with E-state index in [1.807, 2.05) is 6.07 Å². The molecule has 37 heavy (non-hydrogen) atoms. The maximum absolute atomic E-state index is 13.4. The first-order chi connectivity index (χ1) is 17.4. The van der Waals surface area contributed by atoms with E-state index in [9.17, 15) is 23.6 Å². The van der Waals surface area contributed by atoms with Crippen LogP contribution in [0, 0.1) is 17.9 Å². The van der Waals surface area contributed by atoms with E-state index in [4.69, 9.17) is 16.0 Å². The highest BCUT2D eigenvalue weighted by molar-refractivity contribution is 7.89. The molecule has 0 saturated heterocycles. The zero-order chi connectivity index (χ0) is 27.6. The van der Waals surface area contributed by atoms with E-state index in [2.05, 4.69) is 10.2 Å². The average Bonchev–Trinajstić information content (AvgIpc) is 2.85. The standard InChI is InChI=1S/C26H30N4O6S/c1-26(2,3)36-25(32)29-23(15-19-9-7-6-8-10-19)24(31)18-30(17-20(16-27)28-4)37(33,34)22-13-11-21(35-5)12-14-22/h6-14,17,23-24,31H,15,18H2,1-3,5H3,(H,29,32)/b20-17-. The summed E-state index contributed by atoms with van der Waals surface area (Å²) >= 11 is 0. The number of allylic oxidation sites excluding steroid dienone is 1. The Labute approximate surface area is 217 Å². The summed E-state index contributed by atoms with van der Waals surface area (Å²) in [5, 5.41) is 23.0. The smallest absolute Gasteiger partial charge is 0.407 e. The van der Waals surface area contributed by atoms with Crippen LogP contribution in [0.15, 0.2) is 71.4 Å². The number of nitriles is 1. The number of methoxy groups -OCH3 is 1. The lowest BCUT2D eigenvalue weighted by molar-refractivity contribution is 0.0411. The number of ether oxygens (including phenoxy) is 2. The van der Waals surface area contributed by atoms with Gasteiger partial charge in [-0.15, -0.1) is 0 Å². The van der Waals surface area contributed by atoms with Crippen LogP contribution in [0.5, 0.6) is 5.75 Å². The molecule has 2 unspecified atom stereocenters. The van der Waals surface area contributed by atoms with E-state index in [0.717, 1.165) is 16.1 Å². The van der Waals surface area contributed by atoms with Gasteiger partial charge in [-0.25, -0.2) is 23.3 Å². The van der Waals surface area contributed by atoms with E-state index in [1.54, 1.807) is 51.1 Å². The number of aliphatic hydroxyl groups excluding tert-OH is 1. The number of nitrogens with one attached hydrogen (secondary N) is 1. The molecular weight excluding hydrogens is 496 g/mol. The SMILES string of the molecule is [C-]#[N+]/C(C#N)=C\N(CC(O)C(Cc1ccccc1)NC(=O)OC(C)(C)C)S(=O)(=O)c1ccc(OC)cc1. The monoisotopic (exact) mass is 526 g/mol. The van der Waals surface area contributed by atoms with Crippen LogP contribution in [0.3, 0.4) is 0 Å². The molecule has 0 heterocycles. The summed E-state index contributed by atoms with van der Waals surface area (Å²) in [4.78, 5) is 15.4. The Morgan fingerprint density at radius 1 is 1.22 bits per heavy atom. The van der Waals surface area contributed by atoms with Gasteiger partial charge in [0.25, 0.3) is 15.7 Å². The summed E-state index contributed by atoms with van der Waals surface area (Å²) in [6, 6.07) is 15.2. The van der Waals surface area contributed by atoms with Gasteiger partial charge in [0.15, 0.2) is 0 Å². The predicted molar refractivity (Wildman–Crippen MR) is 136 cm³/mol. The van der Waals surface area contributed by atoms with Crippen molar-refractivity contribution in [1.82, 2.24) is 9.62 Å². The van der Waals surface area contributed by atoms with Crippen LogP contribution in [0.4, 0.5) is 4.79 Å². The number of amides is 1. The van der Waals surface area contributed by atoms with E-state index in [1.165, 1.54) is 31.4 Å². The van der Waals surface area contributed by atoms with Gasteiger partial charge < -0.3 is 19.9 Å². The molecular formula is C26H30N4O6S. The molecule has 2 rings (SSSR count). The molecule has 0 aliphatic heterocycles. The average molecular weight is 527 g/mol. The lowest BCUT2D eigenvalue weighted by Gasteiger charge is -2.30. The molecule has 10 nitrogen and oxygen atoms in total. The molecule has 0 radical (unpaired) electrons. The van der Waals surface area contributed by atoms with E-state index in [0.29, 0.717) is 5.75 Å². The van der Waals surface area contributed by atoms with Gasteiger partial charge in [-0.1, -0.05) is 30.3 Å². The highest BCUT2D eigenvalue weighted by Gasteiger charge is 2.30. The van der Waals surface area contributed by atoms with Crippen molar-refractivity contribution in [2.24, 2.45) is 0 Å². The Hall–Kier alpha value is -4.06. The van der Waals surface area contributed by atoms with Crippen LogP contribution in [0.25, 0.3) is 4.85 Å². The van der Waals surface area contributed by atoms with Crippen LogP contribution in [-0.2, 0) is 21.2 Å². The molecule has 0 aromatic heterocycles. The van der Waals surface area contributed by atoms with Gasteiger partial charge in [0.05, 0.1) is 43.3 Å². The summed E-state index contributed by atoms with van der Waals surface area (Å²) in [6.07, 6.45) is -1.20. The van der Waals surface area contributed by atoms with Crippen molar-refractivity contribution in [2.75, 3.05) is 13.7 Å². The van der Waals surface area contributed by atoms with Gasteiger partial charge >= 0.3 is 6.09 Å². The number of hydrogen-bond acceptors (Lipinski definition) is 7. The third-order valence-corrected chi connectivity index (χ3v) is 6.74. The van der Waals surface area contributed by atoms with Crippen LogP contribution in [-0.4, -0.2) is 55.3 Å². The molecule has 1 amide bonds. The second-order valence-corrected chi connectivity index (χ2v) is 10.9. The first-order valence-corrected chi connectivity index (χ1v) is 12.7. The Morgan fingerprint density at radius 2 is 1.84 bits per heavy atom. The Kier molecular flexibility index (Phi) is 10.1. The molecule has 2 aromatic rings. The van der Waals surface area contributed by atoms with Gasteiger partial charge in [0.2, 0.25) is 0 Å². The number of benzene rings is 2. The number of sulfonamides is 1.